The van der Waals surface area contributed by atoms with Crippen molar-refractivity contribution in [1.29, 1.82) is 0 Å². The first-order chi connectivity index (χ1) is 7.43. The lowest BCUT2D eigenvalue weighted by molar-refractivity contribution is -0.215. The van der Waals surface area contributed by atoms with Crippen LogP contribution in [0.5, 0.6) is 0 Å². The predicted molar refractivity (Wildman–Crippen MR) is 53.8 cm³/mol. The fourth-order valence-corrected chi connectivity index (χ4v) is 1.17. The Labute approximate surface area is 90.6 Å². The zero-order valence-electron chi connectivity index (χ0n) is 9.28. The Kier molecular flexibility index (Phi) is 7.77. The lowest BCUT2D eigenvalue weighted by atomic mass is 10.6. The fraction of sp³-hybridized carbons (Fsp3) is 1.00. The molecule has 0 aromatic heterocycles. The van der Waals surface area contributed by atoms with Crippen molar-refractivity contribution >= 4 is 0 Å². The van der Waals surface area contributed by atoms with Crippen molar-refractivity contribution in [3.63, 3.8) is 0 Å². The average molecular weight is 220 g/mol. The van der Waals surface area contributed by atoms with E-state index >= 15 is 0 Å². The van der Waals surface area contributed by atoms with Crippen LogP contribution in [0.2, 0.25) is 0 Å². The van der Waals surface area contributed by atoms with Crippen LogP contribution in [0.4, 0.5) is 0 Å². The Morgan fingerprint density at radius 3 is 2.60 bits per heavy atom. The zero-order valence-corrected chi connectivity index (χ0v) is 9.28. The summed E-state index contributed by atoms with van der Waals surface area (Å²) in [5.41, 5.74) is 0. The van der Waals surface area contributed by atoms with E-state index in [1.165, 1.54) is 0 Å². The van der Waals surface area contributed by atoms with Gasteiger partial charge in [-0.25, -0.2) is 0 Å². The molecule has 0 amide bonds. The quantitative estimate of drug-likeness (QED) is 0.555. The van der Waals surface area contributed by atoms with Crippen molar-refractivity contribution in [1.82, 2.24) is 0 Å². The standard InChI is InChI=1S/C10H20O5/c1-2-11-3-4-12-5-7-14-10-9-13-6-8-15-10/h10H,2-9H2,1H3. The van der Waals surface area contributed by atoms with Crippen LogP contribution >= 0.6 is 0 Å². The Balaban J connectivity index is 1.79. The smallest absolute Gasteiger partial charge is 0.181 e. The first-order valence-electron chi connectivity index (χ1n) is 5.40. The van der Waals surface area contributed by atoms with Gasteiger partial charge in [-0.1, -0.05) is 0 Å². The molecule has 1 heterocycles. The van der Waals surface area contributed by atoms with Crippen molar-refractivity contribution in [3.05, 3.63) is 0 Å². The Morgan fingerprint density at radius 2 is 1.87 bits per heavy atom. The minimum Gasteiger partial charge on any atom is -0.379 e. The molecule has 15 heavy (non-hydrogen) atoms. The summed E-state index contributed by atoms with van der Waals surface area (Å²) in [5.74, 6) is 0. The van der Waals surface area contributed by atoms with E-state index in [4.69, 9.17) is 23.7 Å². The van der Waals surface area contributed by atoms with E-state index in [-0.39, 0.29) is 6.29 Å². The molecule has 1 aliphatic rings. The van der Waals surface area contributed by atoms with Crippen LogP contribution in [-0.2, 0) is 23.7 Å². The number of rotatable bonds is 8. The second-order valence-electron chi connectivity index (χ2n) is 3.06. The molecule has 0 radical (unpaired) electrons. The highest BCUT2D eigenvalue weighted by Gasteiger charge is 2.13. The van der Waals surface area contributed by atoms with Gasteiger partial charge in [0.25, 0.3) is 0 Å². The average Bonchev–Trinajstić information content (AvgIpc) is 2.29. The topological polar surface area (TPSA) is 46.2 Å². The van der Waals surface area contributed by atoms with Crippen LogP contribution in [0.25, 0.3) is 0 Å². The monoisotopic (exact) mass is 220 g/mol. The normalized spacial score (nSPS) is 21.8. The predicted octanol–water partition coefficient (Wildman–Crippen LogP) is 0.429. The molecule has 1 rings (SSSR count). The molecule has 1 saturated heterocycles. The third-order valence-electron chi connectivity index (χ3n) is 1.89. The molecular formula is C10H20O5. The van der Waals surface area contributed by atoms with Gasteiger partial charge in [-0.15, -0.1) is 0 Å². The van der Waals surface area contributed by atoms with Gasteiger partial charge in [0.05, 0.1) is 46.2 Å². The lowest BCUT2D eigenvalue weighted by Crippen LogP contribution is -2.31. The molecule has 0 aromatic carbocycles. The first kappa shape index (κ1) is 12.9. The molecule has 0 aromatic rings. The molecule has 1 fully saturated rings. The summed E-state index contributed by atoms with van der Waals surface area (Å²) in [5, 5.41) is 0. The van der Waals surface area contributed by atoms with E-state index in [2.05, 4.69) is 0 Å². The highest BCUT2D eigenvalue weighted by atomic mass is 16.7. The molecular weight excluding hydrogens is 200 g/mol. The highest BCUT2D eigenvalue weighted by Crippen LogP contribution is 2.01. The maximum atomic E-state index is 5.38. The number of hydrogen-bond donors (Lipinski definition) is 0. The van der Waals surface area contributed by atoms with E-state index in [0.717, 1.165) is 6.61 Å². The summed E-state index contributed by atoms with van der Waals surface area (Å²) < 4.78 is 26.3. The van der Waals surface area contributed by atoms with Gasteiger partial charge in [-0.2, -0.15) is 0 Å². The molecule has 1 aliphatic heterocycles. The summed E-state index contributed by atoms with van der Waals surface area (Å²) in [6.45, 7) is 6.81. The summed E-state index contributed by atoms with van der Waals surface area (Å²) in [6, 6.07) is 0. The second kappa shape index (κ2) is 9.06. The molecule has 0 spiro atoms. The third kappa shape index (κ3) is 6.81. The minimum absolute atomic E-state index is 0.228. The van der Waals surface area contributed by atoms with Gasteiger partial charge in [-0.05, 0) is 6.92 Å². The van der Waals surface area contributed by atoms with Gasteiger partial charge in [0.1, 0.15) is 0 Å². The summed E-state index contributed by atoms with van der Waals surface area (Å²) in [7, 11) is 0. The van der Waals surface area contributed by atoms with Crippen molar-refractivity contribution < 1.29 is 23.7 Å². The van der Waals surface area contributed by atoms with Crippen LogP contribution in [-0.4, -0.2) is 59.1 Å². The van der Waals surface area contributed by atoms with Crippen molar-refractivity contribution in [2.45, 2.75) is 13.2 Å². The number of hydrogen-bond acceptors (Lipinski definition) is 5. The Morgan fingerprint density at radius 1 is 1.07 bits per heavy atom. The maximum absolute atomic E-state index is 5.38. The van der Waals surface area contributed by atoms with Gasteiger partial charge in [0.15, 0.2) is 6.29 Å². The van der Waals surface area contributed by atoms with Crippen LogP contribution in [0.15, 0.2) is 0 Å². The van der Waals surface area contributed by atoms with E-state index in [9.17, 15) is 0 Å². The van der Waals surface area contributed by atoms with Crippen molar-refractivity contribution in [3.8, 4) is 0 Å². The lowest BCUT2D eigenvalue weighted by Gasteiger charge is -2.22. The van der Waals surface area contributed by atoms with Crippen molar-refractivity contribution in [2.24, 2.45) is 0 Å². The van der Waals surface area contributed by atoms with E-state index in [0.29, 0.717) is 46.2 Å². The Bertz CT molecular complexity index is 136. The van der Waals surface area contributed by atoms with Crippen LogP contribution in [0, 0.1) is 0 Å². The molecule has 0 aliphatic carbocycles. The first-order valence-corrected chi connectivity index (χ1v) is 5.40. The molecule has 5 nitrogen and oxygen atoms in total. The van der Waals surface area contributed by atoms with Gasteiger partial charge in [0, 0.05) is 6.61 Å². The Hall–Kier alpha value is -0.200. The second-order valence-corrected chi connectivity index (χ2v) is 3.06. The van der Waals surface area contributed by atoms with Crippen LogP contribution in [0.1, 0.15) is 6.92 Å². The molecule has 0 saturated carbocycles. The SMILES string of the molecule is CCOCCOCCOC1COCCO1. The van der Waals surface area contributed by atoms with E-state index in [1.807, 2.05) is 6.92 Å². The summed E-state index contributed by atoms with van der Waals surface area (Å²) >= 11 is 0. The highest BCUT2D eigenvalue weighted by molar-refractivity contribution is 4.48. The van der Waals surface area contributed by atoms with Crippen molar-refractivity contribution in [2.75, 3.05) is 52.9 Å². The molecule has 1 unspecified atom stereocenters. The van der Waals surface area contributed by atoms with Gasteiger partial charge in [0.2, 0.25) is 0 Å². The van der Waals surface area contributed by atoms with E-state index < -0.39 is 0 Å². The van der Waals surface area contributed by atoms with Crippen LogP contribution < -0.4 is 0 Å². The number of ether oxygens (including phenoxy) is 5. The minimum atomic E-state index is -0.228. The van der Waals surface area contributed by atoms with Gasteiger partial charge in [-0.3, -0.25) is 0 Å². The molecule has 5 heteroatoms. The summed E-state index contributed by atoms with van der Waals surface area (Å²) in [6.07, 6.45) is -0.228. The van der Waals surface area contributed by atoms with Crippen LogP contribution in [0.3, 0.4) is 0 Å². The van der Waals surface area contributed by atoms with E-state index in [1.54, 1.807) is 0 Å². The fourth-order valence-electron chi connectivity index (χ4n) is 1.17. The molecule has 0 bridgehead atoms. The molecule has 1 atom stereocenters. The van der Waals surface area contributed by atoms with Gasteiger partial charge >= 0.3 is 0 Å². The molecule has 90 valence electrons. The third-order valence-corrected chi connectivity index (χ3v) is 1.89. The van der Waals surface area contributed by atoms with Gasteiger partial charge < -0.3 is 23.7 Å². The largest absolute Gasteiger partial charge is 0.379 e. The molecule has 0 N–H and O–H groups in total. The maximum Gasteiger partial charge on any atom is 0.181 e. The zero-order chi connectivity index (χ0) is 10.8. The summed E-state index contributed by atoms with van der Waals surface area (Å²) in [4.78, 5) is 0.